The molecule has 1 amide bonds. The SMILES string of the molecule is Cc1cc(C)n2ncc(C(=O)NCC(c3ccc(N(C)C)cc3)c3c[nH]c4ccccc34)c2n1. The van der Waals surface area contributed by atoms with Gasteiger partial charge in [-0.05, 0) is 49.2 Å². The minimum Gasteiger partial charge on any atom is -0.378 e. The maximum atomic E-state index is 13.2. The van der Waals surface area contributed by atoms with Crippen LogP contribution in [0.15, 0.2) is 67.0 Å². The number of rotatable bonds is 6. The molecule has 7 heteroatoms. The first kappa shape index (κ1) is 21.7. The van der Waals surface area contributed by atoms with Crippen LogP contribution in [0.3, 0.4) is 0 Å². The van der Waals surface area contributed by atoms with Crippen LogP contribution in [0.25, 0.3) is 16.6 Å². The molecule has 0 saturated carbocycles. The molecule has 0 aliphatic carbocycles. The van der Waals surface area contributed by atoms with Gasteiger partial charge in [0.25, 0.3) is 5.91 Å². The fourth-order valence-corrected chi connectivity index (χ4v) is 4.52. The molecule has 0 saturated heterocycles. The molecule has 1 atom stereocenters. The van der Waals surface area contributed by atoms with Gasteiger partial charge in [-0.25, -0.2) is 9.50 Å². The average molecular weight is 453 g/mol. The van der Waals surface area contributed by atoms with Crippen LogP contribution in [0.2, 0.25) is 0 Å². The minimum atomic E-state index is -0.178. The highest BCUT2D eigenvalue weighted by Crippen LogP contribution is 2.31. The molecule has 172 valence electrons. The fourth-order valence-electron chi connectivity index (χ4n) is 4.52. The minimum absolute atomic E-state index is 0.0189. The zero-order valence-electron chi connectivity index (χ0n) is 19.8. The lowest BCUT2D eigenvalue weighted by Gasteiger charge is -2.20. The molecule has 0 aliphatic rings. The number of hydrogen-bond acceptors (Lipinski definition) is 4. The van der Waals surface area contributed by atoms with Crippen molar-refractivity contribution in [3.8, 4) is 0 Å². The number of carbonyl (C=O) groups is 1. The maximum Gasteiger partial charge on any atom is 0.256 e. The van der Waals surface area contributed by atoms with Crippen molar-refractivity contribution < 1.29 is 4.79 Å². The van der Waals surface area contributed by atoms with Gasteiger partial charge in [-0.1, -0.05) is 30.3 Å². The Morgan fingerprint density at radius 2 is 1.88 bits per heavy atom. The lowest BCUT2D eigenvalue weighted by atomic mass is 9.90. The number of aryl methyl sites for hydroxylation is 2. The van der Waals surface area contributed by atoms with Gasteiger partial charge in [-0.2, -0.15) is 5.10 Å². The van der Waals surface area contributed by atoms with Crippen molar-refractivity contribution in [3.05, 3.63) is 95.1 Å². The van der Waals surface area contributed by atoms with Crippen LogP contribution >= 0.6 is 0 Å². The second kappa shape index (κ2) is 8.67. The Balaban J connectivity index is 1.48. The smallest absolute Gasteiger partial charge is 0.256 e. The molecule has 34 heavy (non-hydrogen) atoms. The van der Waals surface area contributed by atoms with Crippen LogP contribution in [0.1, 0.15) is 38.8 Å². The third-order valence-electron chi connectivity index (χ3n) is 6.30. The highest BCUT2D eigenvalue weighted by molar-refractivity contribution is 5.99. The van der Waals surface area contributed by atoms with Gasteiger partial charge >= 0.3 is 0 Å². The van der Waals surface area contributed by atoms with Gasteiger partial charge in [-0.3, -0.25) is 4.79 Å². The van der Waals surface area contributed by atoms with E-state index in [2.05, 4.69) is 61.7 Å². The van der Waals surface area contributed by atoms with Crippen molar-refractivity contribution in [2.24, 2.45) is 0 Å². The van der Waals surface area contributed by atoms with Gasteiger partial charge in [-0.15, -0.1) is 0 Å². The molecule has 3 aromatic heterocycles. The number of amides is 1. The highest BCUT2D eigenvalue weighted by atomic mass is 16.1. The molecule has 7 nitrogen and oxygen atoms in total. The number of para-hydroxylation sites is 1. The van der Waals surface area contributed by atoms with Crippen molar-refractivity contribution in [1.29, 1.82) is 0 Å². The number of H-pyrrole nitrogens is 1. The summed E-state index contributed by atoms with van der Waals surface area (Å²) in [6.45, 7) is 4.33. The Labute approximate surface area is 198 Å². The van der Waals surface area contributed by atoms with E-state index in [0.29, 0.717) is 17.8 Å². The monoisotopic (exact) mass is 452 g/mol. The van der Waals surface area contributed by atoms with E-state index in [4.69, 9.17) is 0 Å². The second-order valence-corrected chi connectivity index (χ2v) is 8.87. The van der Waals surface area contributed by atoms with E-state index >= 15 is 0 Å². The van der Waals surface area contributed by atoms with Crippen molar-refractivity contribution >= 4 is 28.1 Å². The number of benzene rings is 2. The first-order valence-corrected chi connectivity index (χ1v) is 11.4. The summed E-state index contributed by atoms with van der Waals surface area (Å²) in [5.74, 6) is -0.197. The molecular formula is C27H28N6O. The highest BCUT2D eigenvalue weighted by Gasteiger charge is 2.21. The molecule has 2 aromatic carbocycles. The van der Waals surface area contributed by atoms with E-state index in [9.17, 15) is 4.79 Å². The van der Waals surface area contributed by atoms with E-state index in [0.717, 1.165) is 39.1 Å². The van der Waals surface area contributed by atoms with Gasteiger partial charge in [0.1, 0.15) is 5.56 Å². The summed E-state index contributed by atoms with van der Waals surface area (Å²) in [6, 6.07) is 18.7. The summed E-state index contributed by atoms with van der Waals surface area (Å²) in [4.78, 5) is 23.2. The molecule has 2 N–H and O–H groups in total. The topological polar surface area (TPSA) is 78.3 Å². The number of aromatic nitrogens is 4. The van der Waals surface area contributed by atoms with Crippen LogP contribution in [0.4, 0.5) is 5.69 Å². The van der Waals surface area contributed by atoms with Crippen LogP contribution in [0, 0.1) is 13.8 Å². The van der Waals surface area contributed by atoms with Crippen molar-refractivity contribution in [2.45, 2.75) is 19.8 Å². The Kier molecular flexibility index (Phi) is 5.53. The Hall–Kier alpha value is -4.13. The summed E-state index contributed by atoms with van der Waals surface area (Å²) in [5, 5.41) is 8.67. The van der Waals surface area contributed by atoms with E-state index in [-0.39, 0.29) is 11.8 Å². The van der Waals surface area contributed by atoms with E-state index in [1.807, 2.05) is 52.3 Å². The van der Waals surface area contributed by atoms with Crippen molar-refractivity contribution in [1.82, 2.24) is 24.9 Å². The molecule has 0 bridgehead atoms. The largest absolute Gasteiger partial charge is 0.378 e. The predicted octanol–water partition coefficient (Wildman–Crippen LogP) is 4.46. The molecule has 0 radical (unpaired) electrons. The van der Waals surface area contributed by atoms with Crippen molar-refractivity contribution in [3.63, 3.8) is 0 Å². The number of carbonyl (C=O) groups excluding carboxylic acids is 1. The third-order valence-corrected chi connectivity index (χ3v) is 6.30. The molecule has 1 unspecified atom stereocenters. The number of hydrogen-bond donors (Lipinski definition) is 2. The Morgan fingerprint density at radius 1 is 1.12 bits per heavy atom. The Morgan fingerprint density at radius 3 is 2.65 bits per heavy atom. The van der Waals surface area contributed by atoms with Gasteiger partial charge in [0.05, 0.1) is 6.20 Å². The molecule has 0 fully saturated rings. The summed E-state index contributed by atoms with van der Waals surface area (Å²) >= 11 is 0. The van der Waals surface area contributed by atoms with Gasteiger partial charge < -0.3 is 15.2 Å². The van der Waals surface area contributed by atoms with Gasteiger partial charge in [0, 0.05) is 60.7 Å². The second-order valence-electron chi connectivity index (χ2n) is 8.87. The van der Waals surface area contributed by atoms with Gasteiger partial charge in [0.15, 0.2) is 5.65 Å². The summed E-state index contributed by atoms with van der Waals surface area (Å²) in [6.07, 6.45) is 3.64. The molecule has 5 rings (SSSR count). The van der Waals surface area contributed by atoms with E-state index in [1.54, 1.807) is 10.7 Å². The van der Waals surface area contributed by atoms with E-state index < -0.39 is 0 Å². The Bertz CT molecular complexity index is 1480. The number of anilines is 1. The standard InChI is InChI=1S/C27H28N6O/c1-17-13-18(2)33-26(31-17)24(16-30-33)27(34)29-14-22(19-9-11-20(12-10-19)32(3)4)23-15-28-25-8-6-5-7-21(23)25/h5-13,15-16,22,28H,14H2,1-4H3,(H,29,34). The summed E-state index contributed by atoms with van der Waals surface area (Å²) in [7, 11) is 4.06. The lowest BCUT2D eigenvalue weighted by molar-refractivity contribution is 0.0954. The fraction of sp³-hybridized carbons (Fsp3) is 0.222. The molecule has 3 heterocycles. The number of aromatic amines is 1. The lowest BCUT2D eigenvalue weighted by Crippen LogP contribution is -2.29. The van der Waals surface area contributed by atoms with Crippen LogP contribution in [-0.2, 0) is 0 Å². The zero-order valence-corrected chi connectivity index (χ0v) is 19.8. The predicted molar refractivity (Wildman–Crippen MR) is 136 cm³/mol. The summed E-state index contributed by atoms with van der Waals surface area (Å²) < 4.78 is 1.71. The first-order valence-electron chi connectivity index (χ1n) is 11.4. The van der Waals surface area contributed by atoms with Crippen LogP contribution in [0.5, 0.6) is 0 Å². The number of nitrogens with zero attached hydrogens (tertiary/aromatic N) is 4. The number of fused-ring (bicyclic) bond motifs is 2. The van der Waals surface area contributed by atoms with Crippen molar-refractivity contribution in [2.75, 3.05) is 25.5 Å². The first-order chi connectivity index (χ1) is 16.4. The number of nitrogens with one attached hydrogen (secondary N) is 2. The van der Waals surface area contributed by atoms with Gasteiger partial charge in [0.2, 0.25) is 0 Å². The molecular weight excluding hydrogens is 424 g/mol. The zero-order chi connectivity index (χ0) is 23.8. The molecule has 0 aliphatic heterocycles. The third kappa shape index (κ3) is 3.90. The quantitative estimate of drug-likeness (QED) is 0.399. The van der Waals surface area contributed by atoms with Crippen LogP contribution in [-0.4, -0.2) is 46.1 Å². The van der Waals surface area contributed by atoms with E-state index in [1.165, 1.54) is 0 Å². The molecule has 0 spiro atoms. The average Bonchev–Trinajstić information content (AvgIpc) is 3.44. The van der Waals surface area contributed by atoms with Crippen LogP contribution < -0.4 is 10.2 Å². The summed E-state index contributed by atoms with van der Waals surface area (Å²) in [5.41, 5.74) is 7.36. The maximum absolute atomic E-state index is 13.2. The molecule has 5 aromatic rings. The normalized spacial score (nSPS) is 12.2.